The number of rotatable bonds is 5. The number of Topliss-reactive ketones (excluding diaryl/α,β-unsaturated/α-hetero) is 2. The van der Waals surface area contributed by atoms with Crippen LogP contribution in [0.25, 0.3) is 5.57 Å². The Morgan fingerprint density at radius 1 is 0.932 bits per heavy atom. The molecule has 4 unspecified atom stereocenters. The summed E-state index contributed by atoms with van der Waals surface area (Å²) in [5.74, 6) is -2.59. The number of amides is 1. The predicted molar refractivity (Wildman–Crippen MR) is 169 cm³/mol. The molecular formula is C34H23Cl2N3O5. The van der Waals surface area contributed by atoms with Crippen LogP contribution in [-0.4, -0.2) is 34.5 Å². The summed E-state index contributed by atoms with van der Waals surface area (Å²) in [7, 11) is 0. The number of nitro groups is 1. The summed E-state index contributed by atoms with van der Waals surface area (Å²) >= 11 is 12.8. The Morgan fingerprint density at radius 3 is 2.36 bits per heavy atom. The average Bonchev–Trinajstić information content (AvgIpc) is 3.49. The van der Waals surface area contributed by atoms with E-state index in [2.05, 4.69) is 5.32 Å². The Hall–Kier alpha value is -4.79. The van der Waals surface area contributed by atoms with E-state index in [-0.39, 0.29) is 21.8 Å². The summed E-state index contributed by atoms with van der Waals surface area (Å²) in [6, 6.07) is 22.7. The third-order valence-corrected chi connectivity index (χ3v) is 9.54. The van der Waals surface area contributed by atoms with E-state index in [4.69, 9.17) is 23.2 Å². The monoisotopic (exact) mass is 623 g/mol. The molecule has 1 spiro atoms. The molecule has 0 aliphatic carbocycles. The maximum absolute atomic E-state index is 14.9. The van der Waals surface area contributed by atoms with Crippen molar-refractivity contribution >= 4 is 63.3 Å². The number of para-hydroxylation sites is 2. The number of allylic oxidation sites excluding steroid dienone is 1. The number of nitrogens with one attached hydrogen (secondary N) is 1. The van der Waals surface area contributed by atoms with Crippen LogP contribution >= 0.6 is 23.2 Å². The Labute approximate surface area is 262 Å². The first-order valence-corrected chi connectivity index (χ1v) is 14.6. The molecule has 3 heterocycles. The SMILES string of the molecule is CC1=CC2N(c3ccccc31)C(C(=O)c1ccc([N+](=O)[O-])cc1)C(C(=O)c1ccc(Cl)cc1Cl)C21C(=O)Nc2ccccc21. The molecule has 3 aliphatic heterocycles. The standard InChI is InChI=1S/C34H23Cl2N3O5/c1-18-16-28-34(24-7-3-4-8-26(24)37-33(34)42)29(32(41)23-15-12-20(35)17-25(23)36)30(38(28)27-9-5-2-6-22(18)27)31(40)19-10-13-21(14-11-19)39(43)44/h2-17,28-30H,1H3,(H,37,42). The molecule has 218 valence electrons. The van der Waals surface area contributed by atoms with E-state index in [0.29, 0.717) is 22.0 Å². The molecule has 1 amide bonds. The van der Waals surface area contributed by atoms with Crippen molar-refractivity contribution in [2.75, 3.05) is 10.2 Å². The second-order valence-electron chi connectivity index (χ2n) is 11.2. The lowest BCUT2D eigenvalue weighted by Gasteiger charge is -2.39. The van der Waals surface area contributed by atoms with Crippen LogP contribution in [0.3, 0.4) is 0 Å². The van der Waals surface area contributed by atoms with E-state index in [9.17, 15) is 24.5 Å². The number of non-ortho nitro benzene ring substituents is 1. The minimum Gasteiger partial charge on any atom is -0.352 e. The van der Waals surface area contributed by atoms with Gasteiger partial charge >= 0.3 is 0 Å². The number of fused-ring (bicyclic) bond motifs is 6. The molecular weight excluding hydrogens is 601 g/mol. The van der Waals surface area contributed by atoms with Gasteiger partial charge in [0.2, 0.25) is 5.91 Å². The minimum atomic E-state index is -1.52. The lowest BCUT2D eigenvalue weighted by Crippen LogP contribution is -2.51. The van der Waals surface area contributed by atoms with Crippen molar-refractivity contribution in [1.82, 2.24) is 0 Å². The molecule has 3 aliphatic rings. The van der Waals surface area contributed by atoms with Crippen molar-refractivity contribution in [2.45, 2.75) is 24.4 Å². The van der Waals surface area contributed by atoms with Crippen LogP contribution in [0.15, 0.2) is 97.1 Å². The van der Waals surface area contributed by atoms with E-state index < -0.39 is 45.8 Å². The summed E-state index contributed by atoms with van der Waals surface area (Å²) in [5, 5.41) is 14.8. The summed E-state index contributed by atoms with van der Waals surface area (Å²) < 4.78 is 0. The Morgan fingerprint density at radius 2 is 1.64 bits per heavy atom. The van der Waals surface area contributed by atoms with E-state index in [1.54, 1.807) is 24.3 Å². The number of nitro benzene ring substituents is 1. The van der Waals surface area contributed by atoms with E-state index in [1.165, 1.54) is 36.4 Å². The van der Waals surface area contributed by atoms with Crippen molar-refractivity contribution in [3.63, 3.8) is 0 Å². The highest BCUT2D eigenvalue weighted by atomic mass is 35.5. The Kier molecular flexibility index (Phi) is 6.46. The van der Waals surface area contributed by atoms with Crippen molar-refractivity contribution in [2.24, 2.45) is 5.92 Å². The van der Waals surface area contributed by atoms with Crippen LogP contribution in [0.5, 0.6) is 0 Å². The molecule has 10 heteroatoms. The second kappa shape index (κ2) is 10.1. The number of hydrogen-bond acceptors (Lipinski definition) is 6. The third-order valence-electron chi connectivity index (χ3n) is 8.99. The molecule has 4 aromatic rings. The van der Waals surface area contributed by atoms with E-state index >= 15 is 0 Å². The summed E-state index contributed by atoms with van der Waals surface area (Å²) in [6.07, 6.45) is 1.96. The number of carbonyl (C=O) groups excluding carboxylic acids is 3. The highest BCUT2D eigenvalue weighted by Gasteiger charge is 2.70. The Bertz CT molecular complexity index is 1960. The number of ketones is 2. The van der Waals surface area contributed by atoms with Gasteiger partial charge in [0.25, 0.3) is 5.69 Å². The number of halogens is 2. The maximum Gasteiger partial charge on any atom is 0.269 e. The van der Waals surface area contributed by atoms with E-state index in [0.717, 1.165) is 11.1 Å². The van der Waals surface area contributed by atoms with Gasteiger partial charge in [-0.25, -0.2) is 0 Å². The number of hydrogen-bond donors (Lipinski definition) is 1. The van der Waals surface area contributed by atoms with E-state index in [1.807, 2.05) is 48.2 Å². The highest BCUT2D eigenvalue weighted by Crippen LogP contribution is 2.59. The molecule has 7 rings (SSSR count). The molecule has 1 fully saturated rings. The van der Waals surface area contributed by atoms with Gasteiger partial charge in [-0.05, 0) is 60.5 Å². The fourth-order valence-electron chi connectivity index (χ4n) is 7.16. The highest BCUT2D eigenvalue weighted by molar-refractivity contribution is 6.37. The Balaban J connectivity index is 1.54. The fourth-order valence-corrected chi connectivity index (χ4v) is 7.66. The molecule has 4 atom stereocenters. The van der Waals surface area contributed by atoms with Gasteiger partial charge in [-0.2, -0.15) is 0 Å². The molecule has 0 saturated carbocycles. The normalized spacial score (nSPS) is 23.0. The zero-order valence-electron chi connectivity index (χ0n) is 23.2. The smallest absolute Gasteiger partial charge is 0.269 e. The fraction of sp³-hybridized carbons (Fsp3) is 0.147. The quantitative estimate of drug-likeness (QED) is 0.144. The van der Waals surface area contributed by atoms with Gasteiger partial charge in [-0.15, -0.1) is 0 Å². The molecule has 8 nitrogen and oxygen atoms in total. The average molecular weight is 624 g/mol. The maximum atomic E-state index is 14.9. The van der Waals surface area contributed by atoms with Crippen molar-refractivity contribution < 1.29 is 19.3 Å². The van der Waals surface area contributed by atoms with Crippen LogP contribution in [0.4, 0.5) is 17.1 Å². The first kappa shape index (κ1) is 28.0. The van der Waals surface area contributed by atoms with Crippen LogP contribution in [0.2, 0.25) is 10.0 Å². The van der Waals surface area contributed by atoms with Gasteiger partial charge in [0.05, 0.1) is 21.9 Å². The summed E-state index contributed by atoms with van der Waals surface area (Å²) in [4.78, 5) is 56.8. The molecule has 4 aromatic carbocycles. The third kappa shape index (κ3) is 3.87. The topological polar surface area (TPSA) is 110 Å². The molecule has 1 saturated heterocycles. The molecule has 1 N–H and O–H groups in total. The number of anilines is 2. The van der Waals surface area contributed by atoms with Crippen molar-refractivity contribution in [3.8, 4) is 0 Å². The molecule has 0 bridgehead atoms. The van der Waals surface area contributed by atoms with Crippen LogP contribution in [0.1, 0.15) is 38.8 Å². The molecule has 0 radical (unpaired) electrons. The number of nitrogens with zero attached hydrogens (tertiary/aromatic N) is 2. The van der Waals surface area contributed by atoms with Crippen molar-refractivity contribution in [3.05, 3.63) is 139 Å². The molecule has 44 heavy (non-hydrogen) atoms. The van der Waals surface area contributed by atoms with Gasteiger partial charge in [0, 0.05) is 45.2 Å². The lowest BCUT2D eigenvalue weighted by atomic mass is 9.64. The van der Waals surface area contributed by atoms with Gasteiger partial charge in [0.15, 0.2) is 11.6 Å². The zero-order chi connectivity index (χ0) is 30.9. The lowest BCUT2D eigenvalue weighted by molar-refractivity contribution is -0.384. The van der Waals surface area contributed by atoms with Crippen LogP contribution < -0.4 is 10.2 Å². The predicted octanol–water partition coefficient (Wildman–Crippen LogP) is 7.15. The first-order valence-electron chi connectivity index (χ1n) is 13.9. The van der Waals surface area contributed by atoms with Gasteiger partial charge < -0.3 is 10.2 Å². The zero-order valence-corrected chi connectivity index (χ0v) is 24.7. The van der Waals surface area contributed by atoms with Gasteiger partial charge in [0.1, 0.15) is 11.5 Å². The minimum absolute atomic E-state index is 0.0999. The summed E-state index contributed by atoms with van der Waals surface area (Å²) in [5.41, 5.74) is 2.24. The largest absolute Gasteiger partial charge is 0.352 e. The first-order chi connectivity index (χ1) is 21.1. The summed E-state index contributed by atoms with van der Waals surface area (Å²) in [6.45, 7) is 1.95. The van der Waals surface area contributed by atoms with Gasteiger partial charge in [-0.1, -0.05) is 65.7 Å². The van der Waals surface area contributed by atoms with Crippen molar-refractivity contribution in [1.29, 1.82) is 0 Å². The van der Waals surface area contributed by atoms with Gasteiger partial charge in [-0.3, -0.25) is 24.5 Å². The second-order valence-corrected chi connectivity index (χ2v) is 12.0. The van der Waals surface area contributed by atoms with Crippen LogP contribution in [0, 0.1) is 16.0 Å². The number of carbonyl (C=O) groups is 3. The van der Waals surface area contributed by atoms with Crippen LogP contribution in [-0.2, 0) is 10.2 Å². The molecule has 0 aromatic heterocycles. The number of benzene rings is 4.